The number of carbonyl (C=O) groups is 2. The number of likely N-dealkylation sites (N-methyl/N-ethyl adjacent to an activating group) is 1. The number of hydrogen-bond donors (Lipinski definition) is 1. The molecule has 160 valence electrons. The van der Waals surface area contributed by atoms with E-state index < -0.39 is 12.1 Å². The van der Waals surface area contributed by atoms with Crippen LogP contribution in [-0.4, -0.2) is 66.2 Å². The van der Waals surface area contributed by atoms with Crippen LogP contribution in [0.15, 0.2) is 30.3 Å². The summed E-state index contributed by atoms with van der Waals surface area (Å²) in [5.41, 5.74) is 3.43. The van der Waals surface area contributed by atoms with Gasteiger partial charge in [0.25, 0.3) is 5.91 Å². The van der Waals surface area contributed by atoms with E-state index in [9.17, 15) is 18.0 Å². The molecule has 0 atom stereocenters. The second-order valence-electron chi connectivity index (χ2n) is 7.89. The molecule has 1 spiro atoms. The largest absolute Gasteiger partial charge is 0.490 e. The van der Waals surface area contributed by atoms with Crippen molar-refractivity contribution >= 4 is 17.4 Å². The highest BCUT2D eigenvalue weighted by atomic mass is 19.4. The summed E-state index contributed by atoms with van der Waals surface area (Å²) >= 11 is 0. The topological polar surface area (TPSA) is 60.9 Å². The molecule has 0 bridgehead atoms. The first kappa shape index (κ1) is 22.9. The number of benzene rings is 1. The monoisotopic (exact) mass is 412 g/mol. The summed E-state index contributed by atoms with van der Waals surface area (Å²) in [6.45, 7) is 6.73. The van der Waals surface area contributed by atoms with E-state index in [0.29, 0.717) is 6.04 Å². The van der Waals surface area contributed by atoms with Crippen LogP contribution in [0.4, 0.5) is 13.2 Å². The Morgan fingerprint density at radius 2 is 1.66 bits per heavy atom. The van der Waals surface area contributed by atoms with Gasteiger partial charge in [0.2, 0.25) is 0 Å². The number of carboxylic acids is 1. The fourth-order valence-corrected chi connectivity index (χ4v) is 3.85. The van der Waals surface area contributed by atoms with E-state index in [1.54, 1.807) is 4.90 Å². The second-order valence-corrected chi connectivity index (χ2v) is 7.89. The van der Waals surface area contributed by atoms with Crippen LogP contribution in [0.2, 0.25) is 0 Å². The molecule has 1 saturated heterocycles. The van der Waals surface area contributed by atoms with E-state index in [1.165, 1.54) is 5.56 Å². The summed E-state index contributed by atoms with van der Waals surface area (Å²) in [6, 6.07) is 9.06. The molecule has 0 radical (unpaired) electrons. The molecule has 0 unspecified atom stereocenters. The van der Waals surface area contributed by atoms with Crippen LogP contribution in [0.3, 0.4) is 0 Å². The van der Waals surface area contributed by atoms with E-state index in [0.717, 1.165) is 37.1 Å². The summed E-state index contributed by atoms with van der Waals surface area (Å²) in [7, 11) is 3.66. The molecular weight excluding hydrogens is 385 g/mol. The number of hydrogen-bond acceptors (Lipinski definition) is 3. The number of amides is 1. The number of nitrogens with zero attached hydrogens (tertiary/aromatic N) is 2. The standard InChI is InChI=1S/C19H26N2O.C2HF3O2/c1-14(2)21-11-9-19(10-12-21)13-16(18(22)20(3)4)15-7-5-6-8-17(15)19;3-2(4,5)1(6)7/h5-8,13-14H,9-12H2,1-4H3;(H,6,7). The van der Waals surface area contributed by atoms with Crippen molar-refractivity contribution in [2.24, 2.45) is 0 Å². The first-order valence-electron chi connectivity index (χ1n) is 9.47. The quantitative estimate of drug-likeness (QED) is 0.807. The number of likely N-dealkylation sites (tertiary alicyclic amines) is 1. The van der Waals surface area contributed by atoms with Gasteiger partial charge in [-0.1, -0.05) is 30.3 Å². The molecular formula is C21H27F3N2O3. The van der Waals surface area contributed by atoms with Crippen LogP contribution in [-0.2, 0) is 15.0 Å². The zero-order chi connectivity index (χ0) is 22.0. The zero-order valence-electron chi connectivity index (χ0n) is 17.1. The Labute approximate surface area is 168 Å². The molecule has 5 nitrogen and oxygen atoms in total. The average Bonchev–Trinajstić information content (AvgIpc) is 2.95. The lowest BCUT2D eigenvalue weighted by Crippen LogP contribution is -2.44. The van der Waals surface area contributed by atoms with Crippen molar-refractivity contribution < 1.29 is 27.9 Å². The molecule has 1 aromatic rings. The fraction of sp³-hybridized carbons (Fsp3) is 0.524. The van der Waals surface area contributed by atoms with E-state index in [4.69, 9.17) is 9.90 Å². The summed E-state index contributed by atoms with van der Waals surface area (Å²) in [5, 5.41) is 7.12. The summed E-state index contributed by atoms with van der Waals surface area (Å²) in [4.78, 5) is 25.7. The highest BCUT2D eigenvalue weighted by Gasteiger charge is 2.42. The Morgan fingerprint density at radius 1 is 1.14 bits per heavy atom. The van der Waals surface area contributed by atoms with Crippen LogP contribution >= 0.6 is 0 Å². The molecule has 2 aliphatic rings. The van der Waals surface area contributed by atoms with Gasteiger partial charge in [0, 0.05) is 31.1 Å². The number of carbonyl (C=O) groups excluding carboxylic acids is 1. The SMILES string of the molecule is CC(C)N1CCC2(C=C(C(=O)N(C)C)c3ccccc32)CC1.O=C(O)C(F)(F)F. The minimum atomic E-state index is -5.08. The molecule has 1 aromatic carbocycles. The number of alkyl halides is 3. The number of halogens is 3. The van der Waals surface area contributed by atoms with Crippen LogP contribution in [0, 0.1) is 0 Å². The van der Waals surface area contributed by atoms with Gasteiger partial charge in [-0.2, -0.15) is 13.2 Å². The van der Waals surface area contributed by atoms with Gasteiger partial charge in [0.05, 0.1) is 0 Å². The minimum absolute atomic E-state index is 0.0585. The molecule has 8 heteroatoms. The van der Waals surface area contributed by atoms with E-state index in [2.05, 4.69) is 43.0 Å². The van der Waals surface area contributed by atoms with Gasteiger partial charge < -0.3 is 14.9 Å². The summed E-state index contributed by atoms with van der Waals surface area (Å²) in [5.74, 6) is -2.64. The number of carboxylic acid groups (broad SMARTS) is 1. The molecule has 0 saturated carbocycles. The average molecular weight is 412 g/mol. The van der Waals surface area contributed by atoms with Crippen molar-refractivity contribution in [1.29, 1.82) is 0 Å². The second kappa shape index (κ2) is 8.57. The predicted molar refractivity (Wildman–Crippen MR) is 104 cm³/mol. The van der Waals surface area contributed by atoms with Crippen molar-refractivity contribution in [3.63, 3.8) is 0 Å². The Bertz CT molecular complexity index is 793. The number of fused-ring (bicyclic) bond motifs is 2. The van der Waals surface area contributed by atoms with E-state index in [1.807, 2.05) is 20.2 Å². The highest BCUT2D eigenvalue weighted by Crippen LogP contribution is 2.47. The lowest BCUT2D eigenvalue weighted by Gasteiger charge is -2.41. The number of piperidine rings is 1. The lowest BCUT2D eigenvalue weighted by atomic mass is 9.74. The molecule has 3 rings (SSSR count). The third-order valence-electron chi connectivity index (χ3n) is 5.47. The number of allylic oxidation sites excluding steroid dienone is 1. The minimum Gasteiger partial charge on any atom is -0.475 e. The molecule has 1 aliphatic heterocycles. The van der Waals surface area contributed by atoms with Crippen LogP contribution < -0.4 is 0 Å². The van der Waals surface area contributed by atoms with Crippen molar-refractivity contribution in [3.8, 4) is 0 Å². The smallest absolute Gasteiger partial charge is 0.475 e. The first-order chi connectivity index (χ1) is 13.4. The third kappa shape index (κ3) is 4.98. The Kier molecular flexibility index (Phi) is 6.78. The Hall–Kier alpha value is -2.35. The maximum atomic E-state index is 12.6. The normalized spacial score (nSPS) is 18.0. The molecule has 1 amide bonds. The predicted octanol–water partition coefficient (Wildman–Crippen LogP) is 3.55. The third-order valence-corrected chi connectivity index (χ3v) is 5.47. The fourth-order valence-electron chi connectivity index (χ4n) is 3.85. The van der Waals surface area contributed by atoms with Crippen molar-refractivity contribution in [1.82, 2.24) is 9.80 Å². The van der Waals surface area contributed by atoms with Crippen LogP contribution in [0.1, 0.15) is 37.8 Å². The van der Waals surface area contributed by atoms with Crippen LogP contribution in [0.25, 0.3) is 5.57 Å². The van der Waals surface area contributed by atoms with Gasteiger partial charge in [-0.3, -0.25) is 4.79 Å². The van der Waals surface area contributed by atoms with Crippen LogP contribution in [0.5, 0.6) is 0 Å². The van der Waals surface area contributed by atoms with Gasteiger partial charge in [-0.05, 0) is 50.9 Å². The van der Waals surface area contributed by atoms with E-state index in [-0.39, 0.29) is 11.3 Å². The first-order valence-corrected chi connectivity index (χ1v) is 9.47. The molecule has 0 aromatic heterocycles. The molecule has 1 aliphatic carbocycles. The highest BCUT2D eigenvalue weighted by molar-refractivity contribution is 6.21. The molecule has 1 heterocycles. The lowest BCUT2D eigenvalue weighted by molar-refractivity contribution is -0.192. The van der Waals surface area contributed by atoms with Crippen molar-refractivity contribution in [3.05, 3.63) is 41.5 Å². The summed E-state index contributed by atoms with van der Waals surface area (Å²) < 4.78 is 31.7. The Balaban J connectivity index is 0.000000370. The van der Waals surface area contributed by atoms with Gasteiger partial charge in [0.1, 0.15) is 0 Å². The summed E-state index contributed by atoms with van der Waals surface area (Å²) in [6.07, 6.45) is -0.615. The number of rotatable bonds is 2. The zero-order valence-corrected chi connectivity index (χ0v) is 17.1. The maximum Gasteiger partial charge on any atom is 0.490 e. The van der Waals surface area contributed by atoms with Crippen molar-refractivity contribution in [2.75, 3.05) is 27.2 Å². The van der Waals surface area contributed by atoms with Crippen molar-refractivity contribution in [2.45, 2.75) is 44.3 Å². The Morgan fingerprint density at radius 3 is 2.10 bits per heavy atom. The van der Waals surface area contributed by atoms with Gasteiger partial charge in [-0.25, -0.2) is 4.79 Å². The molecule has 1 fully saturated rings. The number of aliphatic carboxylic acids is 1. The molecule has 1 N–H and O–H groups in total. The molecule has 29 heavy (non-hydrogen) atoms. The van der Waals surface area contributed by atoms with Gasteiger partial charge >= 0.3 is 12.1 Å². The van der Waals surface area contributed by atoms with E-state index >= 15 is 0 Å². The van der Waals surface area contributed by atoms with Gasteiger partial charge in [0.15, 0.2) is 0 Å². The van der Waals surface area contributed by atoms with Gasteiger partial charge in [-0.15, -0.1) is 0 Å². The maximum absolute atomic E-state index is 12.6.